The van der Waals surface area contributed by atoms with Gasteiger partial charge in [-0.15, -0.1) is 0 Å². The summed E-state index contributed by atoms with van der Waals surface area (Å²) >= 11 is 11.8. The van der Waals surface area contributed by atoms with Gasteiger partial charge in [0.1, 0.15) is 5.56 Å². The van der Waals surface area contributed by atoms with Crippen molar-refractivity contribution in [3.63, 3.8) is 0 Å². The van der Waals surface area contributed by atoms with Crippen molar-refractivity contribution in [1.82, 2.24) is 9.78 Å². The molecule has 3 aromatic rings. The number of nitrogens with zero attached hydrogens (tertiary/aromatic N) is 3. The highest BCUT2D eigenvalue weighted by molar-refractivity contribution is 6.30. The number of halogens is 2. The highest BCUT2D eigenvalue weighted by Crippen LogP contribution is 2.20. The number of carbonyl (C=O) groups excluding carboxylic acids is 1. The normalized spacial score (nSPS) is 11.5. The zero-order chi connectivity index (χ0) is 20.1. The molecule has 144 valence electrons. The second-order valence-electron chi connectivity index (χ2n) is 6.01. The lowest BCUT2D eigenvalue weighted by atomic mass is 10.1. The van der Waals surface area contributed by atoms with Crippen molar-refractivity contribution in [2.24, 2.45) is 10.9 Å². The minimum absolute atomic E-state index is 0.0761. The SMILES string of the molecule is CCCc1c(C(=O)ON=C(N)c2ccc(Cl)cc2)cnn1-c1ccc(Cl)cc1. The van der Waals surface area contributed by atoms with Crippen LogP contribution in [0.1, 0.15) is 35.0 Å². The summed E-state index contributed by atoms with van der Waals surface area (Å²) in [7, 11) is 0. The standard InChI is InChI=1S/C20H18Cl2N4O2/c1-2-3-18-17(12-24-26(18)16-10-8-15(22)9-11-16)20(27)28-25-19(23)13-4-6-14(21)7-5-13/h4-12H,2-3H2,1H3,(H2,23,25). The van der Waals surface area contributed by atoms with E-state index in [0.717, 1.165) is 17.8 Å². The summed E-state index contributed by atoms with van der Waals surface area (Å²) in [4.78, 5) is 17.6. The first kappa shape index (κ1) is 19.9. The third kappa shape index (κ3) is 4.52. The summed E-state index contributed by atoms with van der Waals surface area (Å²) in [6.45, 7) is 2.02. The molecule has 0 saturated heterocycles. The maximum absolute atomic E-state index is 12.5. The average Bonchev–Trinajstić information content (AvgIpc) is 3.11. The Balaban J connectivity index is 1.84. The van der Waals surface area contributed by atoms with Crippen LogP contribution in [0.15, 0.2) is 59.9 Å². The maximum Gasteiger partial charge on any atom is 0.369 e. The van der Waals surface area contributed by atoms with Gasteiger partial charge in [-0.05, 0) is 55.0 Å². The summed E-state index contributed by atoms with van der Waals surface area (Å²) < 4.78 is 1.70. The lowest BCUT2D eigenvalue weighted by molar-refractivity contribution is 0.0514. The quantitative estimate of drug-likeness (QED) is 0.275. The van der Waals surface area contributed by atoms with Gasteiger partial charge < -0.3 is 10.6 Å². The lowest BCUT2D eigenvalue weighted by Gasteiger charge is -2.08. The highest BCUT2D eigenvalue weighted by Gasteiger charge is 2.19. The molecule has 0 bridgehead atoms. The van der Waals surface area contributed by atoms with Gasteiger partial charge in [-0.25, -0.2) is 9.48 Å². The fraction of sp³-hybridized carbons (Fsp3) is 0.150. The van der Waals surface area contributed by atoms with Crippen molar-refractivity contribution in [2.75, 3.05) is 0 Å². The first-order valence-corrected chi connectivity index (χ1v) is 9.38. The summed E-state index contributed by atoms with van der Waals surface area (Å²) in [6, 6.07) is 13.9. The Morgan fingerprint density at radius 2 is 1.71 bits per heavy atom. The maximum atomic E-state index is 12.5. The molecule has 6 nitrogen and oxygen atoms in total. The molecule has 2 aromatic carbocycles. The van der Waals surface area contributed by atoms with Gasteiger partial charge in [0.15, 0.2) is 5.84 Å². The Bertz CT molecular complexity index is 996. The van der Waals surface area contributed by atoms with E-state index in [-0.39, 0.29) is 5.84 Å². The molecule has 0 saturated carbocycles. The van der Waals surface area contributed by atoms with Gasteiger partial charge in [-0.2, -0.15) is 5.10 Å². The molecular formula is C20H18Cl2N4O2. The number of hydrogen-bond acceptors (Lipinski definition) is 4. The van der Waals surface area contributed by atoms with Crippen molar-refractivity contribution in [3.05, 3.63) is 81.6 Å². The molecule has 8 heteroatoms. The van der Waals surface area contributed by atoms with Crippen LogP contribution in [0, 0.1) is 0 Å². The minimum Gasteiger partial charge on any atom is -0.380 e. The highest BCUT2D eigenvalue weighted by atomic mass is 35.5. The number of nitrogens with two attached hydrogens (primary N) is 1. The second-order valence-corrected chi connectivity index (χ2v) is 6.88. The van der Waals surface area contributed by atoms with Crippen molar-refractivity contribution in [3.8, 4) is 5.69 Å². The van der Waals surface area contributed by atoms with Crippen LogP contribution < -0.4 is 5.73 Å². The predicted molar refractivity (Wildman–Crippen MR) is 110 cm³/mol. The summed E-state index contributed by atoms with van der Waals surface area (Å²) in [6.07, 6.45) is 2.94. The van der Waals surface area contributed by atoms with Gasteiger partial charge in [0.05, 0.1) is 17.6 Å². The summed E-state index contributed by atoms with van der Waals surface area (Å²) in [5.74, 6) is -0.548. The van der Waals surface area contributed by atoms with Gasteiger partial charge >= 0.3 is 5.97 Å². The van der Waals surface area contributed by atoms with Gasteiger partial charge in [0, 0.05) is 15.6 Å². The van der Waals surface area contributed by atoms with Gasteiger partial charge in [0.2, 0.25) is 0 Å². The summed E-state index contributed by atoms with van der Waals surface area (Å²) in [5.41, 5.74) is 8.35. The van der Waals surface area contributed by atoms with Gasteiger partial charge in [-0.3, -0.25) is 0 Å². The molecule has 0 radical (unpaired) electrons. The van der Waals surface area contributed by atoms with Crippen molar-refractivity contribution in [2.45, 2.75) is 19.8 Å². The van der Waals surface area contributed by atoms with Crippen LogP contribution in [0.3, 0.4) is 0 Å². The Morgan fingerprint density at radius 1 is 1.11 bits per heavy atom. The van der Waals surface area contributed by atoms with Crippen LogP contribution in [0.4, 0.5) is 0 Å². The van der Waals surface area contributed by atoms with Crippen LogP contribution in [-0.4, -0.2) is 21.6 Å². The largest absolute Gasteiger partial charge is 0.380 e. The number of hydrogen-bond donors (Lipinski definition) is 1. The van der Waals surface area contributed by atoms with Crippen LogP contribution in [0.5, 0.6) is 0 Å². The van der Waals surface area contributed by atoms with Crippen molar-refractivity contribution >= 4 is 35.0 Å². The number of amidine groups is 1. The predicted octanol–water partition coefficient (Wildman–Crippen LogP) is 4.61. The molecule has 28 heavy (non-hydrogen) atoms. The molecule has 1 heterocycles. The first-order chi connectivity index (χ1) is 13.5. The Morgan fingerprint density at radius 3 is 2.32 bits per heavy atom. The van der Waals surface area contributed by atoms with Crippen molar-refractivity contribution in [1.29, 1.82) is 0 Å². The van der Waals surface area contributed by atoms with E-state index in [0.29, 0.717) is 27.6 Å². The molecule has 2 N–H and O–H groups in total. The molecule has 0 fully saturated rings. The van der Waals surface area contributed by atoms with E-state index in [2.05, 4.69) is 10.3 Å². The van der Waals surface area contributed by atoms with Crippen LogP contribution in [0.2, 0.25) is 10.0 Å². The topological polar surface area (TPSA) is 82.5 Å². The molecular weight excluding hydrogens is 399 g/mol. The Kier molecular flexibility index (Phi) is 6.34. The molecule has 0 atom stereocenters. The van der Waals surface area contributed by atoms with Gasteiger partial charge in [0.25, 0.3) is 0 Å². The van der Waals surface area contributed by atoms with Crippen LogP contribution in [0.25, 0.3) is 5.69 Å². The molecule has 0 aliphatic heterocycles. The molecule has 1 aromatic heterocycles. The third-order valence-corrected chi connectivity index (χ3v) is 4.52. The minimum atomic E-state index is -0.624. The van der Waals surface area contributed by atoms with E-state index in [1.807, 2.05) is 19.1 Å². The van der Waals surface area contributed by atoms with E-state index in [1.165, 1.54) is 6.20 Å². The fourth-order valence-corrected chi connectivity index (χ4v) is 2.89. The van der Waals surface area contributed by atoms with E-state index in [4.69, 9.17) is 33.8 Å². The third-order valence-electron chi connectivity index (χ3n) is 4.01. The number of rotatable bonds is 6. The van der Waals surface area contributed by atoms with Crippen LogP contribution in [-0.2, 0) is 11.3 Å². The zero-order valence-electron chi connectivity index (χ0n) is 15.1. The number of benzene rings is 2. The van der Waals surface area contributed by atoms with E-state index >= 15 is 0 Å². The molecule has 0 unspecified atom stereocenters. The van der Waals surface area contributed by atoms with Crippen LogP contribution >= 0.6 is 23.2 Å². The average molecular weight is 417 g/mol. The number of oxime groups is 1. The van der Waals surface area contributed by atoms with E-state index in [1.54, 1.807) is 41.1 Å². The molecule has 0 amide bonds. The lowest BCUT2D eigenvalue weighted by Crippen LogP contribution is -2.15. The van der Waals surface area contributed by atoms with E-state index < -0.39 is 5.97 Å². The number of aromatic nitrogens is 2. The number of carbonyl (C=O) groups is 1. The van der Waals surface area contributed by atoms with Gasteiger partial charge in [-0.1, -0.05) is 41.7 Å². The smallest absolute Gasteiger partial charge is 0.369 e. The monoisotopic (exact) mass is 416 g/mol. The zero-order valence-corrected chi connectivity index (χ0v) is 16.6. The molecule has 3 rings (SSSR count). The Labute approximate surface area is 172 Å². The van der Waals surface area contributed by atoms with Crippen molar-refractivity contribution < 1.29 is 9.63 Å². The molecule has 0 spiro atoms. The first-order valence-electron chi connectivity index (χ1n) is 8.63. The summed E-state index contributed by atoms with van der Waals surface area (Å²) in [5, 5.41) is 9.27. The Hall–Kier alpha value is -2.83. The fourth-order valence-electron chi connectivity index (χ4n) is 2.64. The molecule has 0 aliphatic rings. The second kappa shape index (κ2) is 8.91. The molecule has 0 aliphatic carbocycles. The van der Waals surface area contributed by atoms with E-state index in [9.17, 15) is 4.79 Å².